The molecular formula is C23H23N5O2. The van der Waals surface area contributed by atoms with Gasteiger partial charge in [0.15, 0.2) is 5.69 Å². The van der Waals surface area contributed by atoms with Crippen molar-refractivity contribution < 1.29 is 9.21 Å². The maximum absolute atomic E-state index is 13.1. The molecular weight excluding hydrogens is 378 g/mol. The van der Waals surface area contributed by atoms with Crippen LogP contribution in [0.1, 0.15) is 35.2 Å². The van der Waals surface area contributed by atoms with Crippen molar-refractivity contribution in [1.29, 1.82) is 0 Å². The van der Waals surface area contributed by atoms with Gasteiger partial charge in [-0.25, -0.2) is 4.68 Å². The van der Waals surface area contributed by atoms with Gasteiger partial charge < -0.3 is 9.73 Å². The summed E-state index contributed by atoms with van der Waals surface area (Å²) >= 11 is 0. The molecule has 0 aliphatic heterocycles. The number of benzene rings is 1. The van der Waals surface area contributed by atoms with Crippen molar-refractivity contribution in [1.82, 2.24) is 25.3 Å². The van der Waals surface area contributed by atoms with E-state index in [1.165, 1.54) is 0 Å². The largest absolute Gasteiger partial charge is 0.469 e. The average Bonchev–Trinajstić information content (AvgIpc) is 3.43. The van der Waals surface area contributed by atoms with Crippen molar-refractivity contribution in [2.75, 3.05) is 0 Å². The van der Waals surface area contributed by atoms with Gasteiger partial charge in [0, 0.05) is 30.4 Å². The average molecular weight is 401 g/mol. The summed E-state index contributed by atoms with van der Waals surface area (Å²) in [6.07, 6.45) is 6.55. The number of nitrogens with zero attached hydrogens (tertiary/aromatic N) is 4. The van der Waals surface area contributed by atoms with E-state index in [0.717, 1.165) is 35.4 Å². The lowest BCUT2D eigenvalue weighted by molar-refractivity contribution is 0.0933. The van der Waals surface area contributed by atoms with Crippen LogP contribution in [-0.2, 0) is 6.42 Å². The van der Waals surface area contributed by atoms with E-state index in [2.05, 4.69) is 20.6 Å². The van der Waals surface area contributed by atoms with Crippen LogP contribution in [0.25, 0.3) is 16.9 Å². The number of hydrogen-bond donors (Lipinski definition) is 1. The molecule has 4 aromatic rings. The molecule has 1 amide bonds. The van der Waals surface area contributed by atoms with E-state index in [1.54, 1.807) is 23.3 Å². The van der Waals surface area contributed by atoms with Crippen LogP contribution in [0.3, 0.4) is 0 Å². The Kier molecular flexibility index (Phi) is 5.70. The third-order valence-electron chi connectivity index (χ3n) is 4.96. The highest BCUT2D eigenvalue weighted by Crippen LogP contribution is 2.26. The van der Waals surface area contributed by atoms with Crippen LogP contribution in [0.4, 0.5) is 0 Å². The molecule has 0 unspecified atom stereocenters. The lowest BCUT2D eigenvalue weighted by Crippen LogP contribution is -2.33. The summed E-state index contributed by atoms with van der Waals surface area (Å²) in [5.74, 6) is 0.646. The van der Waals surface area contributed by atoms with Crippen molar-refractivity contribution in [3.63, 3.8) is 0 Å². The molecule has 0 aliphatic carbocycles. The molecule has 0 bridgehead atoms. The van der Waals surface area contributed by atoms with Gasteiger partial charge in [0.25, 0.3) is 5.91 Å². The Bertz CT molecular complexity index is 1120. The summed E-state index contributed by atoms with van der Waals surface area (Å²) in [6, 6.07) is 15.3. The van der Waals surface area contributed by atoms with Crippen LogP contribution in [-0.4, -0.2) is 31.9 Å². The second-order valence-corrected chi connectivity index (χ2v) is 7.21. The summed E-state index contributed by atoms with van der Waals surface area (Å²) in [5.41, 5.74) is 3.67. The van der Waals surface area contributed by atoms with E-state index in [1.807, 2.05) is 62.4 Å². The van der Waals surface area contributed by atoms with Gasteiger partial charge >= 0.3 is 0 Å². The number of nitrogens with one attached hydrogen (secondary N) is 1. The lowest BCUT2D eigenvalue weighted by atomic mass is 10.1. The molecule has 1 aromatic carbocycles. The Morgan fingerprint density at radius 2 is 1.93 bits per heavy atom. The Hall–Kier alpha value is -3.74. The minimum atomic E-state index is -0.256. The molecule has 0 aliphatic rings. The minimum Gasteiger partial charge on any atom is -0.469 e. The first-order valence-corrected chi connectivity index (χ1v) is 9.89. The molecule has 0 fully saturated rings. The Morgan fingerprint density at radius 3 is 2.67 bits per heavy atom. The van der Waals surface area contributed by atoms with E-state index in [9.17, 15) is 4.79 Å². The van der Waals surface area contributed by atoms with Crippen LogP contribution in [0, 0.1) is 6.92 Å². The number of aryl methyl sites for hydroxylation is 2. The second kappa shape index (κ2) is 8.73. The first-order chi connectivity index (χ1) is 14.6. The molecule has 0 radical (unpaired) electrons. The van der Waals surface area contributed by atoms with E-state index < -0.39 is 0 Å². The number of amides is 1. The van der Waals surface area contributed by atoms with Crippen molar-refractivity contribution in [2.24, 2.45) is 0 Å². The van der Waals surface area contributed by atoms with Crippen LogP contribution in [0.15, 0.2) is 71.6 Å². The Labute approximate surface area is 174 Å². The first kappa shape index (κ1) is 19.6. The number of carbonyl (C=O) groups is 1. The van der Waals surface area contributed by atoms with E-state index >= 15 is 0 Å². The molecule has 7 heteroatoms. The van der Waals surface area contributed by atoms with Crippen molar-refractivity contribution in [3.8, 4) is 16.9 Å². The fourth-order valence-electron chi connectivity index (χ4n) is 3.35. The number of furan rings is 1. The normalized spacial score (nSPS) is 11.9. The third kappa shape index (κ3) is 4.15. The molecule has 3 aromatic heterocycles. The molecule has 152 valence electrons. The number of carbonyl (C=O) groups excluding carboxylic acids is 1. The smallest absolute Gasteiger partial charge is 0.274 e. The zero-order valence-corrected chi connectivity index (χ0v) is 16.9. The number of hydrogen-bond acceptors (Lipinski definition) is 5. The fourth-order valence-corrected chi connectivity index (χ4v) is 3.35. The van der Waals surface area contributed by atoms with Crippen LogP contribution in [0.5, 0.6) is 0 Å². The predicted octanol–water partition coefficient (Wildman–Crippen LogP) is 3.98. The van der Waals surface area contributed by atoms with E-state index in [-0.39, 0.29) is 17.6 Å². The summed E-state index contributed by atoms with van der Waals surface area (Å²) < 4.78 is 7.09. The van der Waals surface area contributed by atoms with Gasteiger partial charge in [-0.15, -0.1) is 5.10 Å². The minimum absolute atomic E-state index is 0.0449. The highest BCUT2D eigenvalue weighted by Gasteiger charge is 2.23. The summed E-state index contributed by atoms with van der Waals surface area (Å²) in [6.45, 7) is 3.97. The van der Waals surface area contributed by atoms with Crippen molar-refractivity contribution >= 4 is 5.91 Å². The second-order valence-electron chi connectivity index (χ2n) is 7.21. The van der Waals surface area contributed by atoms with Gasteiger partial charge in [-0.3, -0.25) is 9.78 Å². The summed E-state index contributed by atoms with van der Waals surface area (Å²) in [4.78, 5) is 17.2. The zero-order chi connectivity index (χ0) is 20.9. The SMILES string of the molecule is Cc1ccccc1-n1nnc(C(=O)N[C@H](C)CCc2ccco2)c1-c1ccncc1. The van der Waals surface area contributed by atoms with Gasteiger partial charge in [0.05, 0.1) is 12.0 Å². The number of aromatic nitrogens is 4. The molecule has 0 saturated carbocycles. The Morgan fingerprint density at radius 1 is 1.13 bits per heavy atom. The molecule has 0 spiro atoms. The summed E-state index contributed by atoms with van der Waals surface area (Å²) in [5, 5.41) is 11.6. The first-order valence-electron chi connectivity index (χ1n) is 9.89. The van der Waals surface area contributed by atoms with E-state index in [4.69, 9.17) is 4.42 Å². The molecule has 7 nitrogen and oxygen atoms in total. The third-order valence-corrected chi connectivity index (χ3v) is 4.96. The maximum atomic E-state index is 13.1. The number of para-hydroxylation sites is 1. The lowest BCUT2D eigenvalue weighted by Gasteiger charge is -2.14. The van der Waals surface area contributed by atoms with Crippen LogP contribution < -0.4 is 5.32 Å². The fraction of sp³-hybridized carbons (Fsp3) is 0.217. The molecule has 0 saturated heterocycles. The molecule has 4 rings (SSSR count). The highest BCUT2D eigenvalue weighted by atomic mass is 16.3. The quantitative estimate of drug-likeness (QED) is 0.506. The van der Waals surface area contributed by atoms with Crippen LogP contribution >= 0.6 is 0 Å². The standard InChI is InChI=1S/C23H23N5O2/c1-16-6-3-4-8-20(16)28-22(18-11-13-24-14-12-18)21(26-27-28)23(29)25-17(2)9-10-19-7-5-15-30-19/h3-8,11-15,17H,9-10H2,1-2H3,(H,25,29)/t17-/m1/s1. The topological polar surface area (TPSA) is 85.8 Å². The van der Waals surface area contributed by atoms with Crippen molar-refractivity contribution in [3.05, 3.63) is 84.2 Å². The number of rotatable bonds is 7. The van der Waals surface area contributed by atoms with Gasteiger partial charge in [-0.1, -0.05) is 23.4 Å². The van der Waals surface area contributed by atoms with Gasteiger partial charge in [-0.2, -0.15) is 0 Å². The zero-order valence-electron chi connectivity index (χ0n) is 16.9. The monoisotopic (exact) mass is 401 g/mol. The molecule has 1 atom stereocenters. The van der Waals surface area contributed by atoms with Gasteiger partial charge in [0.1, 0.15) is 11.5 Å². The predicted molar refractivity (Wildman–Crippen MR) is 113 cm³/mol. The Balaban J connectivity index is 1.63. The highest BCUT2D eigenvalue weighted by molar-refractivity contribution is 5.98. The van der Waals surface area contributed by atoms with Gasteiger partial charge in [0.2, 0.25) is 0 Å². The molecule has 30 heavy (non-hydrogen) atoms. The maximum Gasteiger partial charge on any atom is 0.274 e. The molecule has 1 N–H and O–H groups in total. The summed E-state index contributed by atoms with van der Waals surface area (Å²) in [7, 11) is 0. The molecule has 3 heterocycles. The van der Waals surface area contributed by atoms with Gasteiger partial charge in [-0.05, 0) is 56.2 Å². The van der Waals surface area contributed by atoms with Crippen molar-refractivity contribution in [2.45, 2.75) is 32.7 Å². The van der Waals surface area contributed by atoms with Crippen LogP contribution in [0.2, 0.25) is 0 Å². The van der Waals surface area contributed by atoms with E-state index in [0.29, 0.717) is 5.69 Å². The number of pyridine rings is 1.